The van der Waals surface area contributed by atoms with Crippen LogP contribution in [0, 0.1) is 5.92 Å². The summed E-state index contributed by atoms with van der Waals surface area (Å²) in [6, 6.07) is 5.78. The summed E-state index contributed by atoms with van der Waals surface area (Å²) in [5.74, 6) is 0.563. The molecule has 0 saturated heterocycles. The molecule has 4 heteroatoms. The topological polar surface area (TPSA) is 64.3 Å². The molecule has 0 spiro atoms. The van der Waals surface area contributed by atoms with Gasteiger partial charge >= 0.3 is 6.09 Å². The Hall–Kier alpha value is -1.97. The van der Waals surface area contributed by atoms with E-state index < -0.39 is 6.09 Å². The van der Waals surface area contributed by atoms with E-state index in [9.17, 15) is 4.79 Å². The highest BCUT2D eigenvalue weighted by atomic mass is 16.5. The van der Waals surface area contributed by atoms with Crippen molar-refractivity contribution in [1.82, 2.24) is 0 Å². The van der Waals surface area contributed by atoms with Gasteiger partial charge in [0.25, 0.3) is 0 Å². The highest BCUT2D eigenvalue weighted by Gasteiger charge is 2.23. The van der Waals surface area contributed by atoms with Crippen molar-refractivity contribution < 1.29 is 9.53 Å². The molecule has 20 heavy (non-hydrogen) atoms. The lowest BCUT2D eigenvalue weighted by atomic mass is 10.0. The summed E-state index contributed by atoms with van der Waals surface area (Å²) in [6.45, 7) is 0.510. The fourth-order valence-corrected chi connectivity index (χ4v) is 2.42. The smallest absolute Gasteiger partial charge is 0.411 e. The number of nitrogens with one attached hydrogen (secondary N) is 1. The standard InChI is InChI=1S/C16H20N2O2/c17-14-8-7-13(12-3-1-2-4-12)9-15(14)18-16(19)20-10-11-5-6-11/h3,7-9,11H,1-2,4-6,10,17H2,(H,18,19). The second kappa shape index (κ2) is 5.57. The summed E-state index contributed by atoms with van der Waals surface area (Å²) in [4.78, 5) is 11.7. The molecule has 0 aliphatic heterocycles. The minimum Gasteiger partial charge on any atom is -0.449 e. The Bertz CT molecular complexity index is 547. The fraction of sp³-hybridized carbons (Fsp3) is 0.438. The lowest BCUT2D eigenvalue weighted by Crippen LogP contribution is -2.16. The van der Waals surface area contributed by atoms with E-state index in [4.69, 9.17) is 10.5 Å². The summed E-state index contributed by atoms with van der Waals surface area (Å²) < 4.78 is 5.17. The van der Waals surface area contributed by atoms with Gasteiger partial charge in [0, 0.05) is 0 Å². The number of ether oxygens (including phenoxy) is 1. The Morgan fingerprint density at radius 2 is 2.25 bits per heavy atom. The molecule has 1 fully saturated rings. The Labute approximate surface area is 119 Å². The van der Waals surface area contributed by atoms with Gasteiger partial charge in [0.1, 0.15) is 0 Å². The lowest BCUT2D eigenvalue weighted by molar-refractivity contribution is 0.156. The minimum atomic E-state index is -0.416. The van der Waals surface area contributed by atoms with Crippen LogP contribution in [0.15, 0.2) is 24.3 Å². The van der Waals surface area contributed by atoms with Crippen LogP contribution in [0.3, 0.4) is 0 Å². The van der Waals surface area contributed by atoms with Crippen LogP contribution >= 0.6 is 0 Å². The van der Waals surface area contributed by atoms with Gasteiger partial charge in [-0.25, -0.2) is 4.79 Å². The molecule has 0 aromatic heterocycles. The zero-order valence-electron chi connectivity index (χ0n) is 11.5. The molecule has 1 aromatic rings. The maximum atomic E-state index is 11.7. The largest absolute Gasteiger partial charge is 0.449 e. The summed E-state index contributed by atoms with van der Waals surface area (Å²) in [5, 5.41) is 2.74. The summed E-state index contributed by atoms with van der Waals surface area (Å²) >= 11 is 0. The van der Waals surface area contributed by atoms with Crippen molar-refractivity contribution in [2.45, 2.75) is 32.1 Å². The molecule has 106 valence electrons. The van der Waals surface area contributed by atoms with Gasteiger partial charge in [0.2, 0.25) is 0 Å². The van der Waals surface area contributed by atoms with Gasteiger partial charge < -0.3 is 10.5 Å². The molecule has 0 atom stereocenters. The van der Waals surface area contributed by atoms with Gasteiger partial charge in [0.15, 0.2) is 0 Å². The van der Waals surface area contributed by atoms with Crippen molar-refractivity contribution in [3.05, 3.63) is 29.8 Å². The average molecular weight is 272 g/mol. The summed E-state index contributed by atoms with van der Waals surface area (Å²) in [5.41, 5.74) is 9.58. The van der Waals surface area contributed by atoms with Crippen LogP contribution in [0.5, 0.6) is 0 Å². The van der Waals surface area contributed by atoms with Crippen molar-refractivity contribution in [3.8, 4) is 0 Å². The Morgan fingerprint density at radius 3 is 2.95 bits per heavy atom. The molecule has 1 amide bonds. The van der Waals surface area contributed by atoms with Gasteiger partial charge in [-0.05, 0) is 61.3 Å². The van der Waals surface area contributed by atoms with Crippen LogP contribution in [0.4, 0.5) is 16.2 Å². The third-order valence-corrected chi connectivity index (χ3v) is 3.85. The first-order valence-corrected chi connectivity index (χ1v) is 7.25. The minimum absolute atomic E-state index is 0.416. The van der Waals surface area contributed by atoms with Gasteiger partial charge in [0.05, 0.1) is 18.0 Å². The van der Waals surface area contributed by atoms with Crippen LogP contribution in [0.1, 0.15) is 37.7 Å². The molecule has 2 aliphatic rings. The van der Waals surface area contributed by atoms with Gasteiger partial charge in [-0.3, -0.25) is 5.32 Å². The number of anilines is 2. The van der Waals surface area contributed by atoms with Crippen molar-refractivity contribution in [2.75, 3.05) is 17.7 Å². The molecule has 0 bridgehead atoms. The molecule has 3 rings (SSSR count). The summed E-state index contributed by atoms with van der Waals surface area (Å²) in [6.07, 6.45) is 7.59. The molecule has 4 nitrogen and oxygen atoms in total. The normalized spacial score (nSPS) is 17.7. The number of benzene rings is 1. The lowest BCUT2D eigenvalue weighted by Gasteiger charge is -2.11. The van der Waals surface area contributed by atoms with Crippen LogP contribution in [0.2, 0.25) is 0 Å². The van der Waals surface area contributed by atoms with E-state index in [1.165, 1.54) is 24.8 Å². The predicted octanol–water partition coefficient (Wildman–Crippen LogP) is 3.79. The Balaban J connectivity index is 1.67. The molecule has 1 aromatic carbocycles. The van der Waals surface area contributed by atoms with E-state index in [1.807, 2.05) is 18.2 Å². The SMILES string of the molecule is Nc1ccc(C2=CCCC2)cc1NC(=O)OCC1CC1. The first kappa shape index (κ1) is 13.0. The van der Waals surface area contributed by atoms with E-state index in [2.05, 4.69) is 11.4 Å². The number of rotatable bonds is 4. The quantitative estimate of drug-likeness (QED) is 0.819. The molecule has 3 N–H and O–H groups in total. The zero-order chi connectivity index (χ0) is 13.9. The van der Waals surface area contributed by atoms with Gasteiger partial charge in [-0.1, -0.05) is 12.1 Å². The van der Waals surface area contributed by atoms with Crippen LogP contribution in [-0.4, -0.2) is 12.7 Å². The molecule has 0 heterocycles. The maximum Gasteiger partial charge on any atom is 0.411 e. The molecular formula is C16H20N2O2. The monoisotopic (exact) mass is 272 g/mol. The molecule has 0 unspecified atom stereocenters. The molecule has 2 aliphatic carbocycles. The number of hydrogen-bond donors (Lipinski definition) is 2. The number of allylic oxidation sites excluding steroid dienone is 2. The highest BCUT2D eigenvalue weighted by Crippen LogP contribution is 2.32. The molecule has 1 saturated carbocycles. The second-order valence-corrected chi connectivity index (χ2v) is 5.59. The zero-order valence-corrected chi connectivity index (χ0v) is 11.5. The number of carbonyl (C=O) groups is 1. The van der Waals surface area contributed by atoms with Crippen molar-refractivity contribution in [2.24, 2.45) is 5.92 Å². The van der Waals surface area contributed by atoms with Crippen molar-refractivity contribution in [1.29, 1.82) is 0 Å². The molecule has 0 radical (unpaired) electrons. The Morgan fingerprint density at radius 1 is 1.40 bits per heavy atom. The Kier molecular flexibility index (Phi) is 3.63. The van der Waals surface area contributed by atoms with E-state index in [0.29, 0.717) is 23.9 Å². The first-order chi connectivity index (χ1) is 9.72. The number of hydrogen-bond acceptors (Lipinski definition) is 3. The van der Waals surface area contributed by atoms with E-state index in [0.717, 1.165) is 18.4 Å². The van der Waals surface area contributed by atoms with Gasteiger partial charge in [-0.15, -0.1) is 0 Å². The number of nitrogen functional groups attached to an aromatic ring is 1. The van der Waals surface area contributed by atoms with Crippen LogP contribution in [-0.2, 0) is 4.74 Å². The van der Waals surface area contributed by atoms with Crippen LogP contribution < -0.4 is 11.1 Å². The van der Waals surface area contributed by atoms with E-state index in [-0.39, 0.29) is 0 Å². The summed E-state index contributed by atoms with van der Waals surface area (Å²) in [7, 11) is 0. The first-order valence-electron chi connectivity index (χ1n) is 7.25. The number of nitrogens with two attached hydrogens (primary N) is 1. The third-order valence-electron chi connectivity index (χ3n) is 3.85. The van der Waals surface area contributed by atoms with E-state index >= 15 is 0 Å². The third kappa shape index (κ3) is 3.13. The predicted molar refractivity (Wildman–Crippen MR) is 80.4 cm³/mol. The fourth-order valence-electron chi connectivity index (χ4n) is 2.42. The number of carbonyl (C=O) groups excluding carboxylic acids is 1. The van der Waals surface area contributed by atoms with Gasteiger partial charge in [-0.2, -0.15) is 0 Å². The van der Waals surface area contributed by atoms with Crippen molar-refractivity contribution >= 4 is 23.0 Å². The van der Waals surface area contributed by atoms with Crippen molar-refractivity contribution in [3.63, 3.8) is 0 Å². The average Bonchev–Trinajstić information content (AvgIpc) is 3.11. The molecular weight excluding hydrogens is 252 g/mol. The highest BCUT2D eigenvalue weighted by molar-refractivity contribution is 5.90. The van der Waals surface area contributed by atoms with E-state index in [1.54, 1.807) is 0 Å². The number of amides is 1. The van der Waals surface area contributed by atoms with Crippen LogP contribution in [0.25, 0.3) is 5.57 Å². The second-order valence-electron chi connectivity index (χ2n) is 5.59. The maximum absolute atomic E-state index is 11.7.